The van der Waals surface area contributed by atoms with E-state index in [1.807, 2.05) is 27.7 Å². The van der Waals surface area contributed by atoms with E-state index < -0.39 is 6.04 Å². The van der Waals surface area contributed by atoms with Crippen LogP contribution in [0.4, 0.5) is 0 Å². The van der Waals surface area contributed by atoms with Gasteiger partial charge in [0.2, 0.25) is 17.7 Å². The van der Waals surface area contributed by atoms with E-state index in [1.54, 1.807) is 0 Å². The number of carbonyl (C=O) groups is 3. The Morgan fingerprint density at radius 1 is 0.875 bits per heavy atom. The van der Waals surface area contributed by atoms with Crippen molar-refractivity contribution in [2.45, 2.75) is 65.8 Å². The lowest BCUT2D eigenvalue weighted by molar-refractivity contribution is -0.132. The van der Waals surface area contributed by atoms with E-state index in [2.05, 4.69) is 16.0 Å². The molecular weight excluding hydrogens is 306 g/mol. The summed E-state index contributed by atoms with van der Waals surface area (Å²) in [6, 6.07) is -0.528. The summed E-state index contributed by atoms with van der Waals surface area (Å²) < 4.78 is 0. The fourth-order valence-electron chi connectivity index (χ4n) is 2.86. The molecule has 0 aromatic rings. The lowest BCUT2D eigenvalue weighted by Gasteiger charge is -2.26. The van der Waals surface area contributed by atoms with Crippen LogP contribution in [-0.2, 0) is 14.4 Å². The van der Waals surface area contributed by atoms with Crippen molar-refractivity contribution in [2.75, 3.05) is 13.1 Å². The molecule has 3 N–H and O–H groups in total. The molecule has 0 bridgehead atoms. The van der Waals surface area contributed by atoms with Gasteiger partial charge in [0.05, 0.1) is 0 Å². The average molecular weight is 339 g/mol. The molecule has 1 fully saturated rings. The zero-order chi connectivity index (χ0) is 18.1. The maximum absolute atomic E-state index is 12.4. The predicted molar refractivity (Wildman–Crippen MR) is 94.2 cm³/mol. The Morgan fingerprint density at radius 3 is 1.92 bits per heavy atom. The molecule has 6 nitrogen and oxygen atoms in total. The van der Waals surface area contributed by atoms with Crippen molar-refractivity contribution in [1.29, 1.82) is 0 Å². The molecule has 0 aliphatic heterocycles. The highest BCUT2D eigenvalue weighted by Crippen LogP contribution is 2.24. The largest absolute Gasteiger partial charge is 0.354 e. The first kappa shape index (κ1) is 20.5. The van der Waals surface area contributed by atoms with Gasteiger partial charge in [0.25, 0.3) is 0 Å². The van der Waals surface area contributed by atoms with Crippen LogP contribution in [0.2, 0.25) is 0 Å². The molecule has 24 heavy (non-hydrogen) atoms. The standard InChI is InChI=1S/C18H33N3O3/c1-12(2)15(21-17(23)14-8-6-5-7-9-14)18(24)20-11-10-19-16(22)13(3)4/h12-15H,5-11H2,1-4H3,(H,19,22)(H,20,24)(H,21,23). The Bertz CT molecular complexity index is 429. The normalized spacial score (nSPS) is 16.8. The molecule has 0 saturated heterocycles. The zero-order valence-electron chi connectivity index (χ0n) is 15.5. The highest BCUT2D eigenvalue weighted by atomic mass is 16.2. The van der Waals surface area contributed by atoms with E-state index in [-0.39, 0.29) is 35.5 Å². The van der Waals surface area contributed by atoms with Crippen LogP contribution >= 0.6 is 0 Å². The summed E-state index contributed by atoms with van der Waals surface area (Å²) in [5.74, 6) is -0.236. The minimum Gasteiger partial charge on any atom is -0.354 e. The van der Waals surface area contributed by atoms with Crippen LogP contribution in [0.1, 0.15) is 59.8 Å². The topological polar surface area (TPSA) is 87.3 Å². The number of rotatable bonds is 8. The number of hydrogen-bond donors (Lipinski definition) is 3. The third-order valence-corrected chi connectivity index (χ3v) is 4.47. The van der Waals surface area contributed by atoms with Crippen molar-refractivity contribution >= 4 is 17.7 Å². The summed E-state index contributed by atoms with van der Waals surface area (Å²) in [5, 5.41) is 8.47. The van der Waals surface area contributed by atoms with Crippen molar-refractivity contribution in [3.8, 4) is 0 Å². The molecular formula is C18H33N3O3. The van der Waals surface area contributed by atoms with Gasteiger partial charge in [-0.2, -0.15) is 0 Å². The molecule has 0 radical (unpaired) electrons. The molecule has 0 aromatic carbocycles. The van der Waals surface area contributed by atoms with Crippen LogP contribution in [0.3, 0.4) is 0 Å². The Hall–Kier alpha value is -1.59. The van der Waals surface area contributed by atoms with Crippen molar-refractivity contribution in [3.63, 3.8) is 0 Å². The SMILES string of the molecule is CC(C)C(=O)NCCNC(=O)C(NC(=O)C1CCCCC1)C(C)C. The van der Waals surface area contributed by atoms with Crippen molar-refractivity contribution in [3.05, 3.63) is 0 Å². The molecule has 1 atom stereocenters. The second-order valence-electron chi connectivity index (χ2n) is 7.30. The van der Waals surface area contributed by atoms with Crippen molar-refractivity contribution in [1.82, 2.24) is 16.0 Å². The first-order valence-corrected chi connectivity index (χ1v) is 9.18. The highest BCUT2D eigenvalue weighted by molar-refractivity contribution is 5.88. The highest BCUT2D eigenvalue weighted by Gasteiger charge is 2.28. The van der Waals surface area contributed by atoms with Gasteiger partial charge in [-0.25, -0.2) is 0 Å². The molecule has 0 spiro atoms. The molecule has 1 aliphatic rings. The van der Waals surface area contributed by atoms with E-state index in [1.165, 1.54) is 6.42 Å². The van der Waals surface area contributed by atoms with E-state index in [4.69, 9.17) is 0 Å². The minimum atomic E-state index is -0.528. The summed E-state index contributed by atoms with van der Waals surface area (Å²) in [5.41, 5.74) is 0. The van der Waals surface area contributed by atoms with Gasteiger partial charge in [0.1, 0.15) is 6.04 Å². The molecule has 6 heteroatoms. The lowest BCUT2D eigenvalue weighted by Crippen LogP contribution is -2.52. The van der Waals surface area contributed by atoms with Gasteiger partial charge in [-0.15, -0.1) is 0 Å². The predicted octanol–water partition coefficient (Wildman–Crippen LogP) is 1.60. The van der Waals surface area contributed by atoms with Gasteiger partial charge in [0.15, 0.2) is 0 Å². The average Bonchev–Trinajstić information content (AvgIpc) is 2.56. The first-order valence-electron chi connectivity index (χ1n) is 9.18. The van der Waals surface area contributed by atoms with E-state index in [0.29, 0.717) is 13.1 Å². The second kappa shape index (κ2) is 10.3. The number of nitrogens with one attached hydrogen (secondary N) is 3. The molecule has 1 aliphatic carbocycles. The van der Waals surface area contributed by atoms with Crippen LogP contribution < -0.4 is 16.0 Å². The third kappa shape index (κ3) is 6.89. The lowest BCUT2D eigenvalue weighted by atomic mass is 9.88. The second-order valence-corrected chi connectivity index (χ2v) is 7.30. The summed E-state index contributed by atoms with van der Waals surface area (Å²) in [6.07, 6.45) is 5.21. The minimum absolute atomic E-state index is 0.00309. The van der Waals surface area contributed by atoms with E-state index in [9.17, 15) is 14.4 Å². The van der Waals surface area contributed by atoms with Crippen LogP contribution in [0.25, 0.3) is 0 Å². The monoisotopic (exact) mass is 339 g/mol. The number of hydrogen-bond acceptors (Lipinski definition) is 3. The molecule has 1 rings (SSSR count). The number of amides is 3. The molecule has 3 amide bonds. The van der Waals surface area contributed by atoms with E-state index in [0.717, 1.165) is 25.7 Å². The van der Waals surface area contributed by atoms with Gasteiger partial charge in [0, 0.05) is 24.9 Å². The Labute approximate surface area is 145 Å². The fourth-order valence-corrected chi connectivity index (χ4v) is 2.86. The summed E-state index contributed by atoms with van der Waals surface area (Å²) in [7, 11) is 0. The first-order chi connectivity index (χ1) is 11.3. The van der Waals surface area contributed by atoms with Gasteiger partial charge < -0.3 is 16.0 Å². The Balaban J connectivity index is 2.41. The molecule has 0 aromatic heterocycles. The van der Waals surface area contributed by atoms with Crippen LogP contribution in [0.5, 0.6) is 0 Å². The van der Waals surface area contributed by atoms with Crippen molar-refractivity contribution < 1.29 is 14.4 Å². The summed E-state index contributed by atoms with van der Waals surface area (Å²) in [6.45, 7) is 8.24. The van der Waals surface area contributed by atoms with Gasteiger partial charge >= 0.3 is 0 Å². The third-order valence-electron chi connectivity index (χ3n) is 4.47. The number of carbonyl (C=O) groups excluding carboxylic acids is 3. The smallest absolute Gasteiger partial charge is 0.242 e. The van der Waals surface area contributed by atoms with Crippen LogP contribution in [0.15, 0.2) is 0 Å². The summed E-state index contributed by atoms with van der Waals surface area (Å²) >= 11 is 0. The maximum atomic E-state index is 12.4. The van der Waals surface area contributed by atoms with Crippen molar-refractivity contribution in [2.24, 2.45) is 17.8 Å². The molecule has 1 saturated carbocycles. The molecule has 138 valence electrons. The van der Waals surface area contributed by atoms with Crippen LogP contribution in [0, 0.1) is 17.8 Å². The maximum Gasteiger partial charge on any atom is 0.242 e. The quantitative estimate of drug-likeness (QED) is 0.587. The van der Waals surface area contributed by atoms with Gasteiger partial charge in [-0.05, 0) is 18.8 Å². The van der Waals surface area contributed by atoms with Gasteiger partial charge in [-0.3, -0.25) is 14.4 Å². The van der Waals surface area contributed by atoms with Gasteiger partial charge in [-0.1, -0.05) is 47.0 Å². The zero-order valence-corrected chi connectivity index (χ0v) is 15.5. The van der Waals surface area contributed by atoms with E-state index >= 15 is 0 Å². The van der Waals surface area contributed by atoms with Crippen LogP contribution in [-0.4, -0.2) is 36.9 Å². The Kier molecular flexibility index (Phi) is 8.79. The Morgan fingerprint density at radius 2 is 1.42 bits per heavy atom. The fraction of sp³-hybridized carbons (Fsp3) is 0.833. The summed E-state index contributed by atoms with van der Waals surface area (Å²) in [4.78, 5) is 36.2. The molecule has 0 heterocycles. The molecule has 1 unspecified atom stereocenters.